The van der Waals surface area contributed by atoms with Crippen molar-refractivity contribution in [1.82, 2.24) is 9.80 Å². The van der Waals surface area contributed by atoms with Gasteiger partial charge in [-0.2, -0.15) is 0 Å². The van der Waals surface area contributed by atoms with Crippen molar-refractivity contribution in [3.63, 3.8) is 0 Å². The lowest BCUT2D eigenvalue weighted by Crippen LogP contribution is -2.35. The number of anilines is 1. The number of para-hydroxylation sites is 1. The SMILES string of the molecule is COc1ccccc1C1/C(=C(\O)c2ccc3c(c2)N(C)CCO3)C(=O)C(=O)N1CCN(C)C. The lowest BCUT2D eigenvalue weighted by Gasteiger charge is -2.29. The van der Waals surface area contributed by atoms with Crippen LogP contribution in [0.4, 0.5) is 5.69 Å². The van der Waals surface area contributed by atoms with Crippen LogP contribution in [0.15, 0.2) is 48.0 Å². The first-order valence-electron chi connectivity index (χ1n) is 10.9. The van der Waals surface area contributed by atoms with E-state index in [2.05, 4.69) is 0 Å². The van der Waals surface area contributed by atoms with Crippen molar-refractivity contribution in [3.05, 3.63) is 59.2 Å². The van der Waals surface area contributed by atoms with Crippen LogP contribution < -0.4 is 14.4 Å². The minimum Gasteiger partial charge on any atom is -0.507 e. The van der Waals surface area contributed by atoms with E-state index in [0.29, 0.717) is 48.9 Å². The number of hydrogen-bond donors (Lipinski definition) is 1. The van der Waals surface area contributed by atoms with Gasteiger partial charge in [-0.15, -0.1) is 0 Å². The highest BCUT2D eigenvalue weighted by Crippen LogP contribution is 2.43. The van der Waals surface area contributed by atoms with Crippen LogP contribution in [0.25, 0.3) is 5.76 Å². The van der Waals surface area contributed by atoms with E-state index < -0.39 is 17.7 Å². The number of fused-ring (bicyclic) bond motifs is 1. The first kappa shape index (κ1) is 22.7. The van der Waals surface area contributed by atoms with Gasteiger partial charge in [0.15, 0.2) is 0 Å². The average molecular weight is 452 g/mol. The molecular weight excluding hydrogens is 422 g/mol. The third kappa shape index (κ3) is 4.14. The first-order valence-corrected chi connectivity index (χ1v) is 10.9. The summed E-state index contributed by atoms with van der Waals surface area (Å²) in [5, 5.41) is 11.4. The Kier molecular flexibility index (Phi) is 6.29. The maximum Gasteiger partial charge on any atom is 0.295 e. The molecule has 8 heteroatoms. The van der Waals surface area contributed by atoms with Crippen LogP contribution in [-0.2, 0) is 9.59 Å². The summed E-state index contributed by atoms with van der Waals surface area (Å²) in [5.41, 5.74) is 1.98. The van der Waals surface area contributed by atoms with Crippen LogP contribution in [-0.4, -0.2) is 81.1 Å². The summed E-state index contributed by atoms with van der Waals surface area (Å²) in [4.78, 5) is 31.8. The number of methoxy groups -OCH3 is 1. The van der Waals surface area contributed by atoms with Crippen molar-refractivity contribution in [2.45, 2.75) is 6.04 Å². The second-order valence-electron chi connectivity index (χ2n) is 8.49. The summed E-state index contributed by atoms with van der Waals surface area (Å²) < 4.78 is 11.2. The van der Waals surface area contributed by atoms with E-state index in [9.17, 15) is 14.7 Å². The Morgan fingerprint density at radius 1 is 1.21 bits per heavy atom. The normalized spacial score (nSPS) is 19.6. The van der Waals surface area contributed by atoms with Crippen molar-refractivity contribution in [3.8, 4) is 11.5 Å². The molecule has 0 aromatic heterocycles. The highest BCUT2D eigenvalue weighted by molar-refractivity contribution is 6.46. The molecule has 2 heterocycles. The van der Waals surface area contributed by atoms with E-state index in [1.54, 1.807) is 31.4 Å². The molecule has 1 atom stereocenters. The van der Waals surface area contributed by atoms with E-state index in [-0.39, 0.29) is 11.3 Å². The number of amides is 1. The van der Waals surface area contributed by atoms with Gasteiger partial charge in [-0.05, 0) is 38.4 Å². The predicted octanol–water partition coefficient (Wildman–Crippen LogP) is 2.51. The average Bonchev–Trinajstić information content (AvgIpc) is 3.07. The number of hydrogen-bond acceptors (Lipinski definition) is 7. The van der Waals surface area contributed by atoms with Gasteiger partial charge in [-0.3, -0.25) is 9.59 Å². The molecule has 0 radical (unpaired) electrons. The predicted molar refractivity (Wildman–Crippen MR) is 126 cm³/mol. The van der Waals surface area contributed by atoms with E-state index in [1.165, 1.54) is 4.90 Å². The molecule has 1 unspecified atom stereocenters. The number of nitrogens with zero attached hydrogens (tertiary/aromatic N) is 3. The van der Waals surface area contributed by atoms with Gasteiger partial charge in [0.1, 0.15) is 23.9 Å². The highest BCUT2D eigenvalue weighted by Gasteiger charge is 2.46. The summed E-state index contributed by atoms with van der Waals surface area (Å²) in [6.07, 6.45) is 0. The molecular formula is C25H29N3O5. The molecule has 174 valence electrons. The molecule has 2 aromatic carbocycles. The maximum absolute atomic E-state index is 13.2. The fourth-order valence-electron chi connectivity index (χ4n) is 4.29. The molecule has 2 aliphatic rings. The molecule has 0 aliphatic carbocycles. The van der Waals surface area contributed by atoms with Crippen molar-refractivity contribution >= 4 is 23.1 Å². The molecule has 1 amide bonds. The zero-order chi connectivity index (χ0) is 23.7. The Hall–Kier alpha value is -3.52. The Morgan fingerprint density at radius 2 is 1.97 bits per heavy atom. The monoisotopic (exact) mass is 451 g/mol. The van der Waals surface area contributed by atoms with Gasteiger partial charge in [-0.25, -0.2) is 0 Å². The van der Waals surface area contributed by atoms with Gasteiger partial charge in [-0.1, -0.05) is 18.2 Å². The smallest absolute Gasteiger partial charge is 0.295 e. The molecule has 1 saturated heterocycles. The topological polar surface area (TPSA) is 82.5 Å². The Labute approximate surface area is 193 Å². The Balaban J connectivity index is 1.87. The number of carbonyl (C=O) groups is 2. The van der Waals surface area contributed by atoms with Gasteiger partial charge in [0, 0.05) is 31.3 Å². The van der Waals surface area contributed by atoms with Crippen molar-refractivity contribution in [2.24, 2.45) is 0 Å². The quantitative estimate of drug-likeness (QED) is 0.411. The molecule has 8 nitrogen and oxygen atoms in total. The molecule has 0 spiro atoms. The number of ketones is 1. The van der Waals surface area contributed by atoms with Crippen LogP contribution in [0.1, 0.15) is 17.2 Å². The van der Waals surface area contributed by atoms with E-state index >= 15 is 0 Å². The zero-order valence-electron chi connectivity index (χ0n) is 19.4. The third-order valence-corrected chi connectivity index (χ3v) is 6.09. The number of ether oxygens (including phenoxy) is 2. The minimum atomic E-state index is -0.758. The van der Waals surface area contributed by atoms with Crippen LogP contribution in [0, 0.1) is 0 Å². The maximum atomic E-state index is 13.2. The second kappa shape index (κ2) is 9.15. The lowest BCUT2D eigenvalue weighted by atomic mass is 9.94. The zero-order valence-corrected chi connectivity index (χ0v) is 19.4. The van der Waals surface area contributed by atoms with Crippen molar-refractivity contribution in [2.75, 3.05) is 59.4 Å². The Bertz CT molecular complexity index is 1110. The largest absolute Gasteiger partial charge is 0.507 e. The standard InChI is InChI=1S/C25H29N3O5/c1-26(2)11-12-28-22(17-7-5-6-8-19(17)32-4)21(24(30)25(28)31)23(29)16-9-10-20-18(15-16)27(3)13-14-33-20/h5-10,15,22,29H,11-14H2,1-4H3/b23-21+. The van der Waals surface area contributed by atoms with Crippen LogP contribution in [0.5, 0.6) is 11.5 Å². The van der Waals surface area contributed by atoms with E-state index in [4.69, 9.17) is 9.47 Å². The molecule has 2 aliphatic heterocycles. The minimum absolute atomic E-state index is 0.0580. The molecule has 2 aromatic rings. The third-order valence-electron chi connectivity index (χ3n) is 6.09. The van der Waals surface area contributed by atoms with Crippen molar-refractivity contribution < 1.29 is 24.2 Å². The number of aliphatic hydroxyl groups excluding tert-OH is 1. The summed E-state index contributed by atoms with van der Waals surface area (Å²) in [6.45, 7) is 2.20. The molecule has 0 bridgehead atoms. The van der Waals surface area contributed by atoms with Crippen LogP contribution in [0.2, 0.25) is 0 Å². The molecule has 1 N–H and O–H groups in total. The van der Waals surface area contributed by atoms with E-state index in [0.717, 1.165) is 5.69 Å². The van der Waals surface area contributed by atoms with Gasteiger partial charge >= 0.3 is 0 Å². The molecule has 33 heavy (non-hydrogen) atoms. The number of benzene rings is 2. The lowest BCUT2D eigenvalue weighted by molar-refractivity contribution is -0.140. The molecule has 0 saturated carbocycles. The second-order valence-corrected chi connectivity index (χ2v) is 8.49. The fourth-order valence-corrected chi connectivity index (χ4v) is 4.29. The van der Waals surface area contributed by atoms with Gasteiger partial charge < -0.3 is 29.3 Å². The number of aliphatic hydroxyl groups is 1. The van der Waals surface area contributed by atoms with Crippen LogP contribution >= 0.6 is 0 Å². The van der Waals surface area contributed by atoms with E-state index in [1.807, 2.05) is 49.1 Å². The van der Waals surface area contributed by atoms with Crippen molar-refractivity contribution in [1.29, 1.82) is 0 Å². The summed E-state index contributed by atoms with van der Waals surface area (Å²) in [7, 11) is 7.30. The summed E-state index contributed by atoms with van der Waals surface area (Å²) in [6, 6.07) is 11.8. The number of carbonyl (C=O) groups excluding carboxylic acids is 2. The highest BCUT2D eigenvalue weighted by atomic mass is 16.5. The van der Waals surface area contributed by atoms with Crippen LogP contribution in [0.3, 0.4) is 0 Å². The summed E-state index contributed by atoms with van der Waals surface area (Å²) >= 11 is 0. The Morgan fingerprint density at radius 3 is 2.70 bits per heavy atom. The van der Waals surface area contributed by atoms with Gasteiger partial charge in [0.25, 0.3) is 11.7 Å². The molecule has 4 rings (SSSR count). The van der Waals surface area contributed by atoms with Gasteiger partial charge in [0.2, 0.25) is 0 Å². The number of Topliss-reactive ketones (excluding diaryl/α,β-unsaturated/α-hetero) is 1. The fraction of sp³-hybridized carbons (Fsp3) is 0.360. The number of likely N-dealkylation sites (N-methyl/N-ethyl adjacent to an activating group) is 2. The molecule has 1 fully saturated rings. The van der Waals surface area contributed by atoms with Gasteiger partial charge in [0.05, 0.1) is 31.0 Å². The summed E-state index contributed by atoms with van der Waals surface area (Å²) in [5.74, 6) is -0.285. The first-order chi connectivity index (χ1) is 15.8. The number of rotatable bonds is 6. The number of likely N-dealkylation sites (tertiary alicyclic amines) is 1.